The Morgan fingerprint density at radius 2 is 1.62 bits per heavy atom. The van der Waals surface area contributed by atoms with E-state index in [1.54, 1.807) is 45.0 Å². The molecular weight excluding hydrogens is 478 g/mol. The molecule has 10 heteroatoms. The molecule has 0 unspecified atom stereocenters. The van der Waals surface area contributed by atoms with Gasteiger partial charge in [-0.05, 0) is 52.2 Å². The average molecular weight is 520 g/mol. The molecule has 0 spiro atoms. The van der Waals surface area contributed by atoms with Crippen LogP contribution in [0.4, 0.5) is 0 Å². The van der Waals surface area contributed by atoms with Gasteiger partial charge in [0.25, 0.3) is 5.88 Å². The Kier molecular flexibility index (Phi) is 12.2. The van der Waals surface area contributed by atoms with Gasteiger partial charge in [0.2, 0.25) is 0 Å². The van der Waals surface area contributed by atoms with Crippen molar-refractivity contribution < 1.29 is 23.7 Å². The lowest BCUT2D eigenvalue weighted by atomic mass is 10.1. The molecular formula is C27H41N3O7. The number of esters is 1. The lowest BCUT2D eigenvalue weighted by molar-refractivity contribution is -0.158. The van der Waals surface area contributed by atoms with E-state index < -0.39 is 22.8 Å². The maximum Gasteiger partial charge on any atom is 0.349 e. The van der Waals surface area contributed by atoms with Crippen molar-refractivity contribution in [3.63, 3.8) is 0 Å². The summed E-state index contributed by atoms with van der Waals surface area (Å²) in [5.41, 5.74) is -2.08. The third-order valence-electron chi connectivity index (χ3n) is 5.67. The number of nitrogens with zero attached hydrogens (tertiary/aromatic N) is 3. The summed E-state index contributed by atoms with van der Waals surface area (Å²) in [5.74, 6) is 0.611. The molecule has 10 nitrogen and oxygen atoms in total. The first-order valence-electron chi connectivity index (χ1n) is 13.1. The van der Waals surface area contributed by atoms with Crippen molar-refractivity contribution in [3.05, 3.63) is 45.1 Å². The smallest absolute Gasteiger partial charge is 0.349 e. The SMILES string of the molecule is CCCCCCCn1nc(OCCCCOc2cccc(OC(C)(C)C(=O)OCC)c2)c(=O)n(C)c1=O. The van der Waals surface area contributed by atoms with Gasteiger partial charge in [-0.15, -0.1) is 5.10 Å². The van der Waals surface area contributed by atoms with Gasteiger partial charge < -0.3 is 18.9 Å². The van der Waals surface area contributed by atoms with Crippen LogP contribution in [0, 0.1) is 0 Å². The normalized spacial score (nSPS) is 11.3. The molecule has 1 aromatic heterocycles. The van der Waals surface area contributed by atoms with Crippen molar-refractivity contribution in [2.45, 2.75) is 84.8 Å². The van der Waals surface area contributed by atoms with Gasteiger partial charge in [-0.25, -0.2) is 14.3 Å². The second-order valence-electron chi connectivity index (χ2n) is 9.30. The minimum Gasteiger partial charge on any atom is -0.493 e. The van der Waals surface area contributed by atoms with Gasteiger partial charge >= 0.3 is 17.2 Å². The van der Waals surface area contributed by atoms with E-state index in [0.717, 1.165) is 30.3 Å². The quantitative estimate of drug-likeness (QED) is 0.229. The fourth-order valence-corrected chi connectivity index (χ4v) is 3.53. The predicted molar refractivity (Wildman–Crippen MR) is 141 cm³/mol. The zero-order valence-corrected chi connectivity index (χ0v) is 22.8. The number of aryl methyl sites for hydroxylation is 1. The van der Waals surface area contributed by atoms with Crippen molar-refractivity contribution in [2.24, 2.45) is 7.05 Å². The molecule has 0 saturated heterocycles. The number of aromatic nitrogens is 3. The van der Waals surface area contributed by atoms with Crippen molar-refractivity contribution in [3.8, 4) is 17.4 Å². The van der Waals surface area contributed by atoms with Crippen LogP contribution >= 0.6 is 0 Å². The van der Waals surface area contributed by atoms with Gasteiger partial charge in [-0.3, -0.25) is 9.36 Å². The fourth-order valence-electron chi connectivity index (χ4n) is 3.53. The average Bonchev–Trinajstić information content (AvgIpc) is 2.86. The molecule has 37 heavy (non-hydrogen) atoms. The topological polar surface area (TPSA) is 111 Å². The summed E-state index contributed by atoms with van der Waals surface area (Å²) < 4.78 is 24.6. The fraction of sp³-hybridized carbons (Fsp3) is 0.630. The Hall–Kier alpha value is -3.30. The lowest BCUT2D eigenvalue weighted by Gasteiger charge is -2.24. The van der Waals surface area contributed by atoms with Crippen LogP contribution in [-0.4, -0.2) is 45.7 Å². The monoisotopic (exact) mass is 519 g/mol. The van der Waals surface area contributed by atoms with Crippen molar-refractivity contribution >= 4 is 5.97 Å². The zero-order chi connectivity index (χ0) is 27.3. The second kappa shape index (κ2) is 15.1. The standard InChI is InChI=1S/C27H41N3O7/c1-6-8-9-10-11-17-30-26(33)29(5)24(31)23(28-30)36-19-13-12-18-35-21-15-14-16-22(20-21)37-27(3,4)25(32)34-7-2/h14-16,20H,6-13,17-19H2,1-5H3. The van der Waals surface area contributed by atoms with Crippen LogP contribution in [0.1, 0.15) is 72.6 Å². The molecule has 0 aliphatic carbocycles. The number of ether oxygens (including phenoxy) is 4. The Balaban J connectivity index is 1.81. The van der Waals surface area contributed by atoms with Crippen molar-refractivity contribution in [1.82, 2.24) is 14.3 Å². The third-order valence-corrected chi connectivity index (χ3v) is 5.67. The first-order chi connectivity index (χ1) is 17.7. The molecule has 206 valence electrons. The summed E-state index contributed by atoms with van der Waals surface area (Å²) in [6.07, 6.45) is 6.58. The third kappa shape index (κ3) is 9.59. The number of hydrogen-bond donors (Lipinski definition) is 0. The second-order valence-corrected chi connectivity index (χ2v) is 9.30. The number of unbranched alkanes of at least 4 members (excludes halogenated alkanes) is 5. The van der Waals surface area contributed by atoms with Crippen LogP contribution in [0.2, 0.25) is 0 Å². The maximum absolute atomic E-state index is 12.4. The van der Waals surface area contributed by atoms with E-state index in [-0.39, 0.29) is 19.1 Å². The van der Waals surface area contributed by atoms with Gasteiger partial charge in [0.05, 0.1) is 19.8 Å². The molecule has 0 atom stereocenters. The maximum atomic E-state index is 12.4. The summed E-state index contributed by atoms with van der Waals surface area (Å²) >= 11 is 0. The molecule has 1 aromatic carbocycles. The van der Waals surface area contributed by atoms with Crippen molar-refractivity contribution in [1.29, 1.82) is 0 Å². The van der Waals surface area contributed by atoms with E-state index in [0.29, 0.717) is 37.5 Å². The van der Waals surface area contributed by atoms with Crippen LogP contribution < -0.4 is 25.5 Å². The van der Waals surface area contributed by atoms with E-state index in [9.17, 15) is 14.4 Å². The molecule has 0 aliphatic rings. The summed E-state index contributed by atoms with van der Waals surface area (Å²) in [6.45, 7) is 8.65. The molecule has 0 amide bonds. The lowest BCUT2D eigenvalue weighted by Crippen LogP contribution is -2.40. The first-order valence-corrected chi connectivity index (χ1v) is 13.1. The van der Waals surface area contributed by atoms with Gasteiger partial charge in [0.15, 0.2) is 5.60 Å². The Labute approximate surface area is 218 Å². The molecule has 0 bridgehead atoms. The van der Waals surface area contributed by atoms with Crippen LogP contribution in [-0.2, 0) is 23.1 Å². The number of hydrogen-bond acceptors (Lipinski definition) is 8. The highest BCUT2D eigenvalue weighted by Gasteiger charge is 2.31. The van der Waals surface area contributed by atoms with Crippen LogP contribution in [0.3, 0.4) is 0 Å². The minimum absolute atomic E-state index is 0.0642. The van der Waals surface area contributed by atoms with Gasteiger partial charge in [0, 0.05) is 19.7 Å². The Morgan fingerprint density at radius 3 is 2.32 bits per heavy atom. The largest absolute Gasteiger partial charge is 0.493 e. The number of carbonyl (C=O) groups is 1. The Morgan fingerprint density at radius 1 is 0.946 bits per heavy atom. The van der Waals surface area contributed by atoms with E-state index >= 15 is 0 Å². The van der Waals surface area contributed by atoms with E-state index in [1.807, 2.05) is 0 Å². The van der Waals surface area contributed by atoms with Gasteiger partial charge in [-0.2, -0.15) is 0 Å². The zero-order valence-electron chi connectivity index (χ0n) is 22.8. The highest BCUT2D eigenvalue weighted by molar-refractivity contribution is 5.79. The summed E-state index contributed by atoms with van der Waals surface area (Å²) in [5, 5.41) is 4.15. The molecule has 0 N–H and O–H groups in total. The molecule has 1 heterocycles. The summed E-state index contributed by atoms with van der Waals surface area (Å²) in [6, 6.07) is 7.06. The summed E-state index contributed by atoms with van der Waals surface area (Å²) in [7, 11) is 1.44. The first kappa shape index (κ1) is 29.9. The Bertz CT molecular complexity index is 1110. The van der Waals surface area contributed by atoms with E-state index in [1.165, 1.54) is 18.2 Å². The molecule has 0 saturated carbocycles. The molecule has 2 aromatic rings. The minimum atomic E-state index is -1.12. The van der Waals surface area contributed by atoms with Crippen LogP contribution in [0.5, 0.6) is 17.4 Å². The number of carbonyl (C=O) groups excluding carboxylic acids is 1. The predicted octanol–water partition coefficient (Wildman–Crippen LogP) is 3.87. The summed E-state index contributed by atoms with van der Waals surface area (Å²) in [4.78, 5) is 36.8. The van der Waals surface area contributed by atoms with Gasteiger partial charge in [0.1, 0.15) is 11.5 Å². The highest BCUT2D eigenvalue weighted by Crippen LogP contribution is 2.24. The molecule has 0 radical (unpaired) electrons. The van der Waals surface area contributed by atoms with Crippen LogP contribution in [0.15, 0.2) is 33.9 Å². The molecule has 2 rings (SSSR count). The highest BCUT2D eigenvalue weighted by atomic mass is 16.6. The van der Waals surface area contributed by atoms with Crippen molar-refractivity contribution in [2.75, 3.05) is 19.8 Å². The number of rotatable bonds is 17. The van der Waals surface area contributed by atoms with Gasteiger partial charge in [-0.1, -0.05) is 38.7 Å². The number of benzene rings is 1. The van der Waals surface area contributed by atoms with E-state index in [4.69, 9.17) is 18.9 Å². The van der Waals surface area contributed by atoms with E-state index in [2.05, 4.69) is 12.0 Å². The molecule has 0 aliphatic heterocycles. The molecule has 0 fully saturated rings. The van der Waals surface area contributed by atoms with Crippen LogP contribution in [0.25, 0.3) is 0 Å².